The van der Waals surface area contributed by atoms with Gasteiger partial charge in [0.1, 0.15) is 6.54 Å². The molecule has 0 aliphatic rings. The predicted octanol–water partition coefficient (Wildman–Crippen LogP) is 4.89. The first kappa shape index (κ1) is 25.1. The van der Waals surface area contributed by atoms with Gasteiger partial charge < -0.3 is 9.22 Å². The highest BCUT2D eigenvalue weighted by Gasteiger charge is 2.34. The van der Waals surface area contributed by atoms with Gasteiger partial charge in [-0.1, -0.05) is 63.1 Å². The molecule has 1 rings (SSSR count). The number of ether oxygens (including phenoxy) is 1. The maximum Gasteiger partial charge on any atom is 0.301 e. The first-order valence-corrected chi connectivity index (χ1v) is 12.0. The van der Waals surface area contributed by atoms with Gasteiger partial charge in [-0.05, 0) is 25.5 Å². The summed E-state index contributed by atoms with van der Waals surface area (Å²) < 4.78 is 37.1. The topological polar surface area (TPSA) is 52.6 Å². The van der Waals surface area contributed by atoms with Gasteiger partial charge in [-0.2, -0.15) is 8.42 Å². The Balaban J connectivity index is 2.75. The summed E-state index contributed by atoms with van der Waals surface area (Å²) in [6, 6.07) is 6.83. The third-order valence-electron chi connectivity index (χ3n) is 5.25. The van der Waals surface area contributed by atoms with Crippen LogP contribution in [0.25, 0.3) is 0 Å². The molecule has 5 nitrogen and oxygen atoms in total. The molecule has 1 aromatic carbocycles. The van der Waals surface area contributed by atoms with Crippen molar-refractivity contribution >= 4 is 10.1 Å². The van der Waals surface area contributed by atoms with Crippen molar-refractivity contribution in [3.05, 3.63) is 29.8 Å². The zero-order valence-corrected chi connectivity index (χ0v) is 19.3. The summed E-state index contributed by atoms with van der Waals surface area (Å²) in [5.74, 6) is 0. The molecule has 0 aliphatic carbocycles. The zero-order valence-electron chi connectivity index (χ0n) is 18.4. The monoisotopic (exact) mass is 414 g/mol. The highest BCUT2D eigenvalue weighted by atomic mass is 32.2. The first-order chi connectivity index (χ1) is 13.2. The summed E-state index contributed by atoms with van der Waals surface area (Å²) in [6.45, 7) is 5.41. The summed E-state index contributed by atoms with van der Waals surface area (Å²) >= 11 is 0. The van der Waals surface area contributed by atoms with Crippen LogP contribution in [0, 0.1) is 6.92 Å². The molecule has 0 fully saturated rings. The van der Waals surface area contributed by atoms with E-state index in [4.69, 9.17) is 8.92 Å². The number of aryl methyl sites for hydroxylation is 1. The molecule has 162 valence electrons. The number of hydrogen-bond acceptors (Lipinski definition) is 4. The van der Waals surface area contributed by atoms with E-state index in [1.54, 1.807) is 31.4 Å². The summed E-state index contributed by atoms with van der Waals surface area (Å²) in [5.41, 5.74) is 1.02. The lowest BCUT2D eigenvalue weighted by Crippen LogP contribution is -2.52. The highest BCUT2D eigenvalue weighted by Crippen LogP contribution is 2.23. The van der Waals surface area contributed by atoms with Crippen LogP contribution >= 0.6 is 0 Å². The van der Waals surface area contributed by atoms with E-state index in [2.05, 4.69) is 6.92 Å². The van der Waals surface area contributed by atoms with E-state index in [-0.39, 0.29) is 4.90 Å². The molecule has 0 bridgehead atoms. The molecule has 1 unspecified atom stereocenters. The van der Waals surface area contributed by atoms with Crippen LogP contribution in [0.1, 0.15) is 63.9 Å². The molecule has 6 heteroatoms. The highest BCUT2D eigenvalue weighted by molar-refractivity contribution is 7.86. The predicted molar refractivity (Wildman–Crippen MR) is 115 cm³/mol. The number of methoxy groups -OCH3 is 1. The Morgan fingerprint density at radius 3 is 2.11 bits per heavy atom. The Kier molecular flexibility index (Phi) is 11.3. The van der Waals surface area contributed by atoms with Gasteiger partial charge in [0.2, 0.25) is 6.23 Å². The van der Waals surface area contributed by atoms with Crippen molar-refractivity contribution in [2.75, 3.05) is 34.4 Å². The van der Waals surface area contributed by atoms with Crippen LogP contribution in [0.2, 0.25) is 0 Å². The minimum atomic E-state index is -3.80. The van der Waals surface area contributed by atoms with Crippen molar-refractivity contribution in [2.45, 2.75) is 76.3 Å². The fourth-order valence-corrected chi connectivity index (χ4v) is 4.37. The molecule has 0 spiro atoms. The van der Waals surface area contributed by atoms with Gasteiger partial charge in [-0.3, -0.25) is 0 Å². The number of benzene rings is 1. The fraction of sp³-hybridized carbons (Fsp3) is 0.727. The van der Waals surface area contributed by atoms with E-state index >= 15 is 0 Å². The van der Waals surface area contributed by atoms with Crippen molar-refractivity contribution in [1.29, 1.82) is 0 Å². The lowest BCUT2D eigenvalue weighted by Gasteiger charge is -2.36. The lowest BCUT2D eigenvalue weighted by molar-refractivity contribution is -0.934. The molecule has 0 radical (unpaired) electrons. The molecule has 28 heavy (non-hydrogen) atoms. The van der Waals surface area contributed by atoms with E-state index < -0.39 is 16.3 Å². The van der Waals surface area contributed by atoms with Crippen LogP contribution in [0.5, 0.6) is 0 Å². The minimum Gasteiger partial charge on any atom is -0.379 e. The molecule has 0 aliphatic heterocycles. The maximum absolute atomic E-state index is 12.8. The van der Waals surface area contributed by atoms with Crippen molar-refractivity contribution in [1.82, 2.24) is 0 Å². The largest absolute Gasteiger partial charge is 0.379 e. The molecule has 0 aromatic heterocycles. The average molecular weight is 415 g/mol. The number of unbranched alkanes of at least 4 members (excludes halogenated alkanes) is 6. The van der Waals surface area contributed by atoms with Crippen LogP contribution in [0.4, 0.5) is 0 Å². The van der Waals surface area contributed by atoms with Crippen molar-refractivity contribution in [3.8, 4) is 0 Å². The summed E-state index contributed by atoms with van der Waals surface area (Å²) in [4.78, 5) is 0.217. The lowest BCUT2D eigenvalue weighted by atomic mass is 10.1. The van der Waals surface area contributed by atoms with Crippen molar-refractivity contribution in [3.63, 3.8) is 0 Å². The molecular formula is C22H40NO4S+. The Hall–Kier alpha value is -0.950. The second-order valence-electron chi connectivity index (χ2n) is 8.22. The van der Waals surface area contributed by atoms with E-state index in [1.807, 2.05) is 21.0 Å². The number of rotatable bonds is 15. The van der Waals surface area contributed by atoms with Crippen LogP contribution < -0.4 is 0 Å². The van der Waals surface area contributed by atoms with Crippen LogP contribution in [0.15, 0.2) is 29.2 Å². The number of nitrogens with zero attached hydrogens (tertiary/aromatic N) is 1. The normalized spacial score (nSPS) is 13.6. The smallest absolute Gasteiger partial charge is 0.301 e. The first-order valence-electron chi connectivity index (χ1n) is 10.5. The Morgan fingerprint density at radius 1 is 0.964 bits per heavy atom. The van der Waals surface area contributed by atoms with E-state index in [9.17, 15) is 8.42 Å². The molecule has 1 aromatic rings. The zero-order chi connectivity index (χ0) is 21.0. The second kappa shape index (κ2) is 12.6. The van der Waals surface area contributed by atoms with Crippen LogP contribution in [0.3, 0.4) is 0 Å². The third-order valence-corrected chi connectivity index (χ3v) is 6.58. The van der Waals surface area contributed by atoms with E-state index in [0.29, 0.717) is 17.6 Å². The van der Waals surface area contributed by atoms with Crippen molar-refractivity contribution in [2.24, 2.45) is 0 Å². The maximum atomic E-state index is 12.8. The summed E-state index contributed by atoms with van der Waals surface area (Å²) in [5, 5.41) is 0. The molecule has 0 heterocycles. The number of likely N-dealkylation sites (N-methyl/N-ethyl adjacent to an activating group) is 1. The summed E-state index contributed by atoms with van der Waals surface area (Å²) in [6.07, 6.45) is 8.65. The van der Waals surface area contributed by atoms with Gasteiger partial charge >= 0.3 is 10.1 Å². The second-order valence-corrected chi connectivity index (χ2v) is 9.80. The van der Waals surface area contributed by atoms with Gasteiger partial charge in [-0.25, -0.2) is 4.18 Å². The van der Waals surface area contributed by atoms with E-state index in [0.717, 1.165) is 24.8 Å². The number of hydrogen-bond donors (Lipinski definition) is 0. The van der Waals surface area contributed by atoms with Crippen molar-refractivity contribution < 1.29 is 21.8 Å². The van der Waals surface area contributed by atoms with Gasteiger partial charge in [0.15, 0.2) is 0 Å². The van der Waals surface area contributed by atoms with Gasteiger partial charge in [0.25, 0.3) is 0 Å². The number of quaternary nitrogens is 1. The van der Waals surface area contributed by atoms with Gasteiger partial charge in [0, 0.05) is 13.5 Å². The molecule has 0 N–H and O–H groups in total. The van der Waals surface area contributed by atoms with E-state index in [1.165, 1.54) is 32.1 Å². The minimum absolute atomic E-state index is 0.217. The van der Waals surface area contributed by atoms with Crippen LogP contribution in [-0.2, 0) is 19.0 Å². The standard InChI is InChI=1S/C22H40NO4S/c1-6-7-8-9-10-11-12-13-22(23(3,4)18-19-26-5)27-28(24,25)21-16-14-20(2)15-17-21/h14-17,22H,6-13,18-19H2,1-5H3/q+1. The SMILES string of the molecule is CCCCCCCCCC(OS(=O)(=O)c1ccc(C)cc1)[N+](C)(C)CCOC. The quantitative estimate of drug-likeness (QED) is 0.177. The van der Waals surface area contributed by atoms with Crippen LogP contribution in [-0.4, -0.2) is 53.5 Å². The molecule has 0 saturated carbocycles. The molecule has 0 amide bonds. The Morgan fingerprint density at radius 2 is 1.54 bits per heavy atom. The Bertz CT molecular complexity index is 641. The molecular weight excluding hydrogens is 374 g/mol. The van der Waals surface area contributed by atoms with Gasteiger partial charge in [-0.15, -0.1) is 0 Å². The molecule has 1 atom stereocenters. The molecule has 0 saturated heterocycles. The average Bonchev–Trinajstić information content (AvgIpc) is 2.65. The van der Waals surface area contributed by atoms with Gasteiger partial charge in [0.05, 0.1) is 25.6 Å². The summed E-state index contributed by atoms with van der Waals surface area (Å²) in [7, 11) is 1.89. The Labute approximate surface area is 172 Å². The third kappa shape index (κ3) is 9.03. The fourth-order valence-electron chi connectivity index (χ4n) is 3.17.